The van der Waals surface area contributed by atoms with Gasteiger partial charge in [0.25, 0.3) is 0 Å². The molecule has 1 aliphatic rings. The number of aliphatic hydroxyl groups excluding tert-OH is 1. The highest BCUT2D eigenvalue weighted by molar-refractivity contribution is 5.68. The summed E-state index contributed by atoms with van der Waals surface area (Å²) in [5.74, 6) is 0. The van der Waals surface area contributed by atoms with Crippen molar-refractivity contribution in [1.29, 1.82) is 0 Å². The van der Waals surface area contributed by atoms with Gasteiger partial charge >= 0.3 is 6.09 Å². The van der Waals surface area contributed by atoms with Crippen molar-refractivity contribution in [3.05, 3.63) is 0 Å². The molecule has 0 aromatic heterocycles. The van der Waals surface area contributed by atoms with Gasteiger partial charge in [-0.1, -0.05) is 0 Å². The van der Waals surface area contributed by atoms with Gasteiger partial charge in [-0.15, -0.1) is 0 Å². The lowest BCUT2D eigenvalue weighted by Gasteiger charge is -2.40. The molecule has 1 amide bonds. The molecule has 0 heterocycles. The molecule has 1 rings (SSSR count). The maximum absolute atomic E-state index is 12.0. The number of rotatable bonds is 6. The van der Waals surface area contributed by atoms with E-state index in [-0.39, 0.29) is 18.2 Å². The number of hydrogen-bond donors (Lipinski definition) is 2. The standard InChI is InChI=1S/C16H32N2O4/c1-6-21-10-9-18(5)14-11-12(19)7-8-13(14)17-15(20)22-16(2,3)4/h12-14,19H,6-11H2,1-5H3,(H,17,20). The van der Waals surface area contributed by atoms with Crippen molar-refractivity contribution < 1.29 is 19.4 Å². The maximum Gasteiger partial charge on any atom is 0.407 e. The van der Waals surface area contributed by atoms with Gasteiger partial charge in [0.1, 0.15) is 5.60 Å². The first-order valence-corrected chi connectivity index (χ1v) is 8.18. The molecular formula is C16H32N2O4. The number of aliphatic hydroxyl groups is 1. The van der Waals surface area contributed by atoms with Crippen LogP contribution in [0.1, 0.15) is 47.0 Å². The molecule has 3 atom stereocenters. The molecule has 0 bridgehead atoms. The van der Waals surface area contributed by atoms with Gasteiger partial charge in [0, 0.05) is 25.2 Å². The highest BCUT2D eigenvalue weighted by Gasteiger charge is 2.34. The van der Waals surface area contributed by atoms with Gasteiger partial charge in [-0.05, 0) is 54.0 Å². The van der Waals surface area contributed by atoms with Crippen LogP contribution in [0.25, 0.3) is 0 Å². The minimum absolute atomic E-state index is 0.00937. The molecule has 0 aliphatic heterocycles. The van der Waals surface area contributed by atoms with Crippen LogP contribution in [0.4, 0.5) is 4.79 Å². The van der Waals surface area contributed by atoms with Crippen LogP contribution < -0.4 is 5.32 Å². The third-order valence-electron chi connectivity index (χ3n) is 3.85. The van der Waals surface area contributed by atoms with E-state index in [2.05, 4.69) is 10.2 Å². The predicted molar refractivity (Wildman–Crippen MR) is 85.9 cm³/mol. The second-order valence-corrected chi connectivity index (χ2v) is 6.96. The molecular weight excluding hydrogens is 284 g/mol. The summed E-state index contributed by atoms with van der Waals surface area (Å²) >= 11 is 0. The number of nitrogens with zero attached hydrogens (tertiary/aromatic N) is 1. The van der Waals surface area contributed by atoms with Gasteiger partial charge in [0.15, 0.2) is 0 Å². The molecule has 1 saturated carbocycles. The Balaban J connectivity index is 2.58. The first-order valence-electron chi connectivity index (χ1n) is 8.18. The van der Waals surface area contributed by atoms with Crippen LogP contribution in [0.5, 0.6) is 0 Å². The van der Waals surface area contributed by atoms with Crippen molar-refractivity contribution in [3.63, 3.8) is 0 Å². The van der Waals surface area contributed by atoms with Crippen molar-refractivity contribution in [1.82, 2.24) is 10.2 Å². The van der Waals surface area contributed by atoms with Crippen LogP contribution in [0.3, 0.4) is 0 Å². The molecule has 0 spiro atoms. The van der Waals surface area contributed by atoms with Crippen LogP contribution in [0, 0.1) is 0 Å². The average molecular weight is 316 g/mol. The molecule has 22 heavy (non-hydrogen) atoms. The van der Waals surface area contributed by atoms with E-state index in [1.807, 2.05) is 34.7 Å². The van der Waals surface area contributed by atoms with Crippen LogP contribution >= 0.6 is 0 Å². The molecule has 2 N–H and O–H groups in total. The van der Waals surface area contributed by atoms with Crippen molar-refractivity contribution in [2.24, 2.45) is 0 Å². The zero-order chi connectivity index (χ0) is 16.8. The van der Waals surface area contributed by atoms with Crippen molar-refractivity contribution in [2.45, 2.75) is 70.7 Å². The highest BCUT2D eigenvalue weighted by atomic mass is 16.6. The summed E-state index contributed by atoms with van der Waals surface area (Å²) in [5, 5.41) is 12.9. The predicted octanol–water partition coefficient (Wildman–Crippen LogP) is 1.76. The molecule has 6 heteroatoms. The lowest BCUT2D eigenvalue weighted by molar-refractivity contribution is 0.0218. The third-order valence-corrected chi connectivity index (χ3v) is 3.85. The Morgan fingerprint density at radius 1 is 1.36 bits per heavy atom. The monoisotopic (exact) mass is 316 g/mol. The fourth-order valence-electron chi connectivity index (χ4n) is 2.76. The Labute approximate surface area is 134 Å². The zero-order valence-electron chi connectivity index (χ0n) is 14.6. The summed E-state index contributed by atoms with van der Waals surface area (Å²) < 4.78 is 10.7. The largest absolute Gasteiger partial charge is 0.444 e. The zero-order valence-corrected chi connectivity index (χ0v) is 14.6. The molecule has 0 aromatic carbocycles. The molecule has 6 nitrogen and oxygen atoms in total. The van der Waals surface area contributed by atoms with Gasteiger partial charge in [0.2, 0.25) is 0 Å². The number of likely N-dealkylation sites (N-methyl/N-ethyl adjacent to an activating group) is 1. The van der Waals surface area contributed by atoms with Crippen LogP contribution in [-0.2, 0) is 9.47 Å². The van der Waals surface area contributed by atoms with Crippen molar-refractivity contribution in [3.8, 4) is 0 Å². The summed E-state index contributed by atoms with van der Waals surface area (Å²) in [4.78, 5) is 14.2. The Morgan fingerprint density at radius 2 is 2.05 bits per heavy atom. The number of amides is 1. The van der Waals surface area contributed by atoms with E-state index in [1.54, 1.807) is 0 Å². The van der Waals surface area contributed by atoms with E-state index in [0.717, 1.165) is 13.0 Å². The van der Waals surface area contributed by atoms with Gasteiger partial charge in [-0.25, -0.2) is 4.79 Å². The molecule has 0 aromatic rings. The summed E-state index contributed by atoms with van der Waals surface area (Å²) in [6.45, 7) is 9.64. The fraction of sp³-hybridized carbons (Fsp3) is 0.938. The van der Waals surface area contributed by atoms with E-state index in [0.29, 0.717) is 26.1 Å². The molecule has 1 aliphatic carbocycles. The minimum Gasteiger partial charge on any atom is -0.444 e. The Kier molecular flexibility index (Phi) is 7.59. The first kappa shape index (κ1) is 19.2. The quantitative estimate of drug-likeness (QED) is 0.731. The number of nitrogens with one attached hydrogen (secondary N) is 1. The van der Waals surface area contributed by atoms with Crippen LogP contribution in [0.15, 0.2) is 0 Å². The second kappa shape index (κ2) is 8.70. The molecule has 0 radical (unpaired) electrons. The number of carbonyl (C=O) groups excluding carboxylic acids is 1. The van der Waals surface area contributed by atoms with Gasteiger partial charge in [-0.2, -0.15) is 0 Å². The lowest BCUT2D eigenvalue weighted by Crippen LogP contribution is -2.55. The number of hydrogen-bond acceptors (Lipinski definition) is 5. The number of alkyl carbamates (subject to hydrolysis) is 1. The number of ether oxygens (including phenoxy) is 2. The second-order valence-electron chi connectivity index (χ2n) is 6.96. The van der Waals surface area contributed by atoms with Gasteiger partial charge in [0.05, 0.1) is 12.7 Å². The summed E-state index contributed by atoms with van der Waals surface area (Å²) in [7, 11) is 2.01. The SMILES string of the molecule is CCOCCN(C)C1CC(O)CCC1NC(=O)OC(C)(C)C. The molecule has 0 saturated heterocycles. The lowest BCUT2D eigenvalue weighted by atomic mass is 9.87. The normalized spacial score (nSPS) is 26.0. The van der Waals surface area contributed by atoms with E-state index in [1.165, 1.54) is 0 Å². The van der Waals surface area contributed by atoms with Crippen molar-refractivity contribution >= 4 is 6.09 Å². The van der Waals surface area contributed by atoms with E-state index in [4.69, 9.17) is 9.47 Å². The number of carbonyl (C=O) groups is 1. The minimum atomic E-state index is -0.505. The Bertz CT molecular complexity index is 344. The van der Waals surface area contributed by atoms with Gasteiger partial charge < -0.3 is 19.9 Å². The fourth-order valence-corrected chi connectivity index (χ4v) is 2.76. The topological polar surface area (TPSA) is 71.0 Å². The smallest absolute Gasteiger partial charge is 0.407 e. The molecule has 130 valence electrons. The Morgan fingerprint density at radius 3 is 2.64 bits per heavy atom. The van der Waals surface area contributed by atoms with Crippen LogP contribution in [-0.4, -0.2) is 66.7 Å². The van der Waals surface area contributed by atoms with E-state index in [9.17, 15) is 9.90 Å². The van der Waals surface area contributed by atoms with E-state index >= 15 is 0 Å². The third kappa shape index (κ3) is 6.94. The Hall–Kier alpha value is -0.850. The van der Waals surface area contributed by atoms with Crippen LogP contribution in [0.2, 0.25) is 0 Å². The first-order chi connectivity index (χ1) is 10.2. The molecule has 3 unspecified atom stereocenters. The van der Waals surface area contributed by atoms with E-state index < -0.39 is 11.7 Å². The van der Waals surface area contributed by atoms with Gasteiger partial charge in [-0.3, -0.25) is 4.90 Å². The average Bonchev–Trinajstić information content (AvgIpc) is 2.38. The summed E-state index contributed by atoms with van der Waals surface area (Å²) in [6.07, 6.45) is 1.41. The highest BCUT2D eigenvalue weighted by Crippen LogP contribution is 2.23. The summed E-state index contributed by atoms with van der Waals surface area (Å²) in [5.41, 5.74) is -0.505. The van der Waals surface area contributed by atoms with Crippen molar-refractivity contribution in [2.75, 3.05) is 26.8 Å². The maximum atomic E-state index is 12.0. The summed E-state index contributed by atoms with van der Waals surface area (Å²) in [6, 6.07) is 0.0848. The molecule has 1 fully saturated rings.